The molecule has 0 amide bonds. The van der Waals surface area contributed by atoms with Gasteiger partial charge >= 0.3 is 0 Å². The van der Waals surface area contributed by atoms with E-state index in [-0.39, 0.29) is 5.54 Å². The van der Waals surface area contributed by atoms with Crippen molar-refractivity contribution in [1.82, 2.24) is 14.1 Å². The monoisotopic (exact) mass is 171 g/mol. The third-order valence-corrected chi connectivity index (χ3v) is 1.72. The van der Waals surface area contributed by atoms with Crippen LogP contribution in [0.4, 0.5) is 0 Å². The van der Waals surface area contributed by atoms with Crippen molar-refractivity contribution >= 4 is 11.7 Å². The molecule has 11 heavy (non-hydrogen) atoms. The van der Waals surface area contributed by atoms with Crippen molar-refractivity contribution in [2.75, 3.05) is 0 Å². The summed E-state index contributed by atoms with van der Waals surface area (Å²) in [7, 11) is 0. The van der Waals surface area contributed by atoms with Crippen LogP contribution in [0.15, 0.2) is 6.20 Å². The smallest absolute Gasteiger partial charge is 0.0880 e. The van der Waals surface area contributed by atoms with Crippen LogP contribution >= 0.6 is 11.7 Å². The van der Waals surface area contributed by atoms with E-state index in [9.17, 15) is 0 Å². The van der Waals surface area contributed by atoms with Crippen molar-refractivity contribution in [3.05, 3.63) is 11.9 Å². The normalized spacial score (nSPS) is 11.9. The van der Waals surface area contributed by atoms with Crippen LogP contribution < -0.4 is 5.32 Å². The second kappa shape index (κ2) is 3.28. The lowest BCUT2D eigenvalue weighted by Gasteiger charge is -2.19. The van der Waals surface area contributed by atoms with E-state index in [1.165, 1.54) is 11.7 Å². The molecule has 0 aliphatic heterocycles. The first-order chi connectivity index (χ1) is 5.08. The molecule has 1 rings (SSSR count). The fourth-order valence-electron chi connectivity index (χ4n) is 0.618. The van der Waals surface area contributed by atoms with Crippen LogP contribution in [0, 0.1) is 0 Å². The minimum atomic E-state index is 0.156. The Morgan fingerprint density at radius 3 is 2.73 bits per heavy atom. The summed E-state index contributed by atoms with van der Waals surface area (Å²) < 4.78 is 8.00. The molecule has 1 aromatic rings. The van der Waals surface area contributed by atoms with Gasteiger partial charge in [0.2, 0.25) is 0 Å². The predicted octanol–water partition coefficient (Wildman–Crippen LogP) is 1.43. The van der Waals surface area contributed by atoms with E-state index in [0.29, 0.717) is 0 Å². The highest BCUT2D eigenvalue weighted by molar-refractivity contribution is 6.99. The SMILES string of the molecule is CC(C)(C)NCc1cnsn1. The zero-order chi connectivity index (χ0) is 8.32. The Bertz CT molecular complexity index is 200. The van der Waals surface area contributed by atoms with Gasteiger partial charge in [0.05, 0.1) is 23.6 Å². The first-order valence-electron chi connectivity index (χ1n) is 3.59. The lowest BCUT2D eigenvalue weighted by molar-refractivity contribution is 0.422. The molecule has 0 fully saturated rings. The van der Waals surface area contributed by atoms with Gasteiger partial charge in [0.15, 0.2) is 0 Å². The van der Waals surface area contributed by atoms with Crippen molar-refractivity contribution in [3.63, 3.8) is 0 Å². The van der Waals surface area contributed by atoms with E-state index in [2.05, 4.69) is 34.8 Å². The summed E-state index contributed by atoms with van der Waals surface area (Å²) in [6.45, 7) is 7.20. The number of hydrogen-bond acceptors (Lipinski definition) is 4. The molecule has 0 aliphatic rings. The molecule has 4 heteroatoms. The molecular weight excluding hydrogens is 158 g/mol. The molecule has 0 radical (unpaired) electrons. The van der Waals surface area contributed by atoms with E-state index >= 15 is 0 Å². The van der Waals surface area contributed by atoms with Gasteiger partial charge in [-0.2, -0.15) is 8.75 Å². The fourth-order valence-corrected chi connectivity index (χ4v) is 1.05. The zero-order valence-corrected chi connectivity index (χ0v) is 7.90. The minimum Gasteiger partial charge on any atom is -0.306 e. The molecule has 0 atom stereocenters. The number of hydrogen-bond donors (Lipinski definition) is 1. The maximum absolute atomic E-state index is 4.09. The van der Waals surface area contributed by atoms with Crippen LogP contribution in [-0.4, -0.2) is 14.3 Å². The van der Waals surface area contributed by atoms with Crippen LogP contribution in [0.5, 0.6) is 0 Å². The summed E-state index contributed by atoms with van der Waals surface area (Å²) in [5.74, 6) is 0. The third-order valence-electron chi connectivity index (χ3n) is 1.21. The van der Waals surface area contributed by atoms with Crippen molar-refractivity contribution in [2.45, 2.75) is 32.9 Å². The Morgan fingerprint density at radius 2 is 2.27 bits per heavy atom. The lowest BCUT2D eigenvalue weighted by Crippen LogP contribution is -2.35. The summed E-state index contributed by atoms with van der Waals surface area (Å²) in [6, 6.07) is 0. The van der Waals surface area contributed by atoms with Crippen molar-refractivity contribution in [2.24, 2.45) is 0 Å². The maximum atomic E-state index is 4.09. The van der Waals surface area contributed by atoms with Crippen LogP contribution in [0.3, 0.4) is 0 Å². The van der Waals surface area contributed by atoms with Crippen molar-refractivity contribution in [3.8, 4) is 0 Å². The largest absolute Gasteiger partial charge is 0.306 e. The Hall–Kier alpha value is -0.480. The number of nitrogens with one attached hydrogen (secondary N) is 1. The number of aromatic nitrogens is 2. The Morgan fingerprint density at radius 1 is 1.55 bits per heavy atom. The number of nitrogens with zero attached hydrogens (tertiary/aromatic N) is 2. The van der Waals surface area contributed by atoms with Crippen LogP contribution in [0.25, 0.3) is 0 Å². The summed E-state index contributed by atoms with van der Waals surface area (Å²) in [4.78, 5) is 0. The quantitative estimate of drug-likeness (QED) is 0.731. The van der Waals surface area contributed by atoms with Crippen LogP contribution in [-0.2, 0) is 6.54 Å². The van der Waals surface area contributed by atoms with Gasteiger partial charge in [-0.1, -0.05) is 0 Å². The summed E-state index contributed by atoms with van der Waals surface area (Å²) in [5.41, 5.74) is 1.17. The Kier molecular flexibility index (Phi) is 2.57. The van der Waals surface area contributed by atoms with Gasteiger partial charge in [0.1, 0.15) is 0 Å². The van der Waals surface area contributed by atoms with Crippen molar-refractivity contribution < 1.29 is 0 Å². The van der Waals surface area contributed by atoms with Gasteiger partial charge in [-0.15, -0.1) is 0 Å². The van der Waals surface area contributed by atoms with E-state index in [1.54, 1.807) is 6.20 Å². The van der Waals surface area contributed by atoms with Gasteiger partial charge < -0.3 is 5.32 Å². The Balaban J connectivity index is 2.35. The van der Waals surface area contributed by atoms with E-state index < -0.39 is 0 Å². The second-order valence-electron chi connectivity index (χ2n) is 3.50. The van der Waals surface area contributed by atoms with Crippen molar-refractivity contribution in [1.29, 1.82) is 0 Å². The molecule has 1 aromatic heterocycles. The number of rotatable bonds is 2. The average molecular weight is 171 g/mol. The van der Waals surface area contributed by atoms with Crippen LogP contribution in [0.2, 0.25) is 0 Å². The molecular formula is C7H13N3S. The van der Waals surface area contributed by atoms with E-state index in [0.717, 1.165) is 12.2 Å². The summed E-state index contributed by atoms with van der Waals surface area (Å²) >= 11 is 1.25. The third kappa shape index (κ3) is 3.43. The molecule has 0 saturated heterocycles. The highest BCUT2D eigenvalue weighted by Gasteiger charge is 2.08. The van der Waals surface area contributed by atoms with Gasteiger partial charge in [0.25, 0.3) is 0 Å². The van der Waals surface area contributed by atoms with Crippen LogP contribution in [0.1, 0.15) is 26.5 Å². The molecule has 0 aliphatic carbocycles. The van der Waals surface area contributed by atoms with Gasteiger partial charge in [-0.3, -0.25) is 0 Å². The standard InChI is InChI=1S/C7H13N3S/c1-7(2,3)8-4-6-5-9-11-10-6/h5,8H,4H2,1-3H3. The first kappa shape index (κ1) is 8.62. The predicted molar refractivity (Wildman–Crippen MR) is 46.5 cm³/mol. The van der Waals surface area contributed by atoms with Gasteiger partial charge in [-0.05, 0) is 20.8 Å². The highest BCUT2D eigenvalue weighted by atomic mass is 32.1. The Labute approximate surface area is 71.2 Å². The van der Waals surface area contributed by atoms with E-state index in [4.69, 9.17) is 0 Å². The highest BCUT2D eigenvalue weighted by Crippen LogP contribution is 2.01. The zero-order valence-electron chi connectivity index (χ0n) is 7.09. The topological polar surface area (TPSA) is 37.8 Å². The summed E-state index contributed by atoms with van der Waals surface area (Å²) in [6.07, 6.45) is 1.80. The molecule has 0 saturated carbocycles. The average Bonchev–Trinajstić information content (AvgIpc) is 2.32. The second-order valence-corrected chi connectivity index (χ2v) is 4.06. The molecule has 62 valence electrons. The molecule has 0 aromatic carbocycles. The fraction of sp³-hybridized carbons (Fsp3) is 0.714. The lowest BCUT2D eigenvalue weighted by atomic mass is 10.1. The molecule has 1 heterocycles. The summed E-state index contributed by atoms with van der Waals surface area (Å²) in [5, 5.41) is 3.33. The molecule has 0 spiro atoms. The molecule has 3 nitrogen and oxygen atoms in total. The van der Waals surface area contributed by atoms with E-state index in [1.807, 2.05) is 0 Å². The van der Waals surface area contributed by atoms with Gasteiger partial charge in [-0.25, -0.2) is 0 Å². The molecule has 0 bridgehead atoms. The first-order valence-corrected chi connectivity index (χ1v) is 4.32. The molecule has 1 N–H and O–H groups in total. The maximum Gasteiger partial charge on any atom is 0.0880 e. The minimum absolute atomic E-state index is 0.156. The molecule has 0 unspecified atom stereocenters. The van der Waals surface area contributed by atoms with Gasteiger partial charge in [0, 0.05) is 12.1 Å².